The largest absolute Gasteiger partial charge is 0.378 e. The number of hydrogen-bond donors (Lipinski definition) is 2. The van der Waals surface area contributed by atoms with Crippen LogP contribution in [0.25, 0.3) is 0 Å². The molecule has 5 nitrogen and oxygen atoms in total. The van der Waals surface area contributed by atoms with Gasteiger partial charge in [0.25, 0.3) is 0 Å². The first-order valence-electron chi connectivity index (χ1n) is 9.59. The first kappa shape index (κ1) is 17.0. The van der Waals surface area contributed by atoms with Crippen LogP contribution in [0.4, 0.5) is 0 Å². The third-order valence-corrected chi connectivity index (χ3v) is 6.31. The highest BCUT2D eigenvalue weighted by atomic mass is 16.5. The summed E-state index contributed by atoms with van der Waals surface area (Å²) in [5.74, 6) is 0.120. The number of carbonyl (C=O) groups is 1. The Hall–Kier alpha value is -1.43. The molecule has 0 unspecified atom stereocenters. The number of carbonyl (C=O) groups excluding carboxylic acids is 1. The SMILES string of the molecule is CO[C@@H]1[C@@H](NC(=O)CN2CCCC2)c2ccccc2C12CCNCC2. The fourth-order valence-electron chi connectivity index (χ4n) is 5.16. The topological polar surface area (TPSA) is 53.6 Å². The lowest BCUT2D eigenvalue weighted by atomic mass is 9.72. The molecule has 2 fully saturated rings. The van der Waals surface area contributed by atoms with Crippen LogP contribution in [0.2, 0.25) is 0 Å². The molecule has 1 amide bonds. The lowest BCUT2D eigenvalue weighted by molar-refractivity contribution is -0.124. The Kier molecular flexibility index (Phi) is 4.80. The van der Waals surface area contributed by atoms with Crippen molar-refractivity contribution < 1.29 is 9.53 Å². The Morgan fingerprint density at radius 2 is 2.00 bits per heavy atom. The fourth-order valence-corrected chi connectivity index (χ4v) is 5.16. The summed E-state index contributed by atoms with van der Waals surface area (Å²) in [6.07, 6.45) is 4.53. The normalized spacial score (nSPS) is 28.2. The van der Waals surface area contributed by atoms with Crippen molar-refractivity contribution in [1.82, 2.24) is 15.5 Å². The van der Waals surface area contributed by atoms with E-state index in [0.717, 1.165) is 39.0 Å². The lowest BCUT2D eigenvalue weighted by Crippen LogP contribution is -2.50. The molecule has 2 heterocycles. The summed E-state index contributed by atoms with van der Waals surface area (Å²) in [5, 5.41) is 6.77. The molecule has 1 spiro atoms. The minimum Gasteiger partial charge on any atom is -0.378 e. The molecule has 0 bridgehead atoms. The van der Waals surface area contributed by atoms with Crippen LogP contribution in [0.15, 0.2) is 24.3 Å². The van der Waals surface area contributed by atoms with Crippen LogP contribution in [-0.2, 0) is 14.9 Å². The number of likely N-dealkylation sites (tertiary alicyclic amines) is 1. The van der Waals surface area contributed by atoms with Gasteiger partial charge in [-0.2, -0.15) is 0 Å². The third kappa shape index (κ3) is 2.98. The molecule has 2 saturated heterocycles. The Morgan fingerprint density at radius 1 is 1.28 bits per heavy atom. The number of hydrogen-bond acceptors (Lipinski definition) is 4. The van der Waals surface area contributed by atoms with Crippen molar-refractivity contribution >= 4 is 5.91 Å². The summed E-state index contributed by atoms with van der Waals surface area (Å²) in [6.45, 7) is 4.59. The Labute approximate surface area is 150 Å². The minimum absolute atomic E-state index is 0.00882. The zero-order valence-electron chi connectivity index (χ0n) is 15.1. The number of piperidine rings is 1. The molecule has 136 valence electrons. The molecule has 0 saturated carbocycles. The first-order chi connectivity index (χ1) is 12.2. The van der Waals surface area contributed by atoms with E-state index in [1.165, 1.54) is 24.0 Å². The van der Waals surface area contributed by atoms with Gasteiger partial charge in [0, 0.05) is 12.5 Å². The standard InChI is InChI=1S/C20H29N3O2/c1-25-19-18(22-17(24)14-23-12-4-5-13-23)15-6-2-3-7-16(15)20(19)8-10-21-11-9-20/h2-3,6-7,18-19,21H,4-5,8-14H2,1H3,(H,22,24)/t18-,19+/m0/s1. The summed E-state index contributed by atoms with van der Waals surface area (Å²) in [7, 11) is 1.79. The number of nitrogens with one attached hydrogen (secondary N) is 2. The van der Waals surface area contributed by atoms with Gasteiger partial charge in [0.2, 0.25) is 5.91 Å². The van der Waals surface area contributed by atoms with Gasteiger partial charge in [0.15, 0.2) is 0 Å². The highest BCUT2D eigenvalue weighted by Gasteiger charge is 2.53. The van der Waals surface area contributed by atoms with Crippen molar-refractivity contribution in [2.45, 2.75) is 43.2 Å². The minimum atomic E-state index is -0.0468. The molecule has 4 rings (SSSR count). The van der Waals surface area contributed by atoms with Gasteiger partial charge >= 0.3 is 0 Å². The quantitative estimate of drug-likeness (QED) is 0.872. The zero-order chi connectivity index (χ0) is 17.3. The maximum atomic E-state index is 12.7. The molecule has 0 radical (unpaired) electrons. The number of benzene rings is 1. The van der Waals surface area contributed by atoms with Gasteiger partial charge in [-0.1, -0.05) is 24.3 Å². The summed E-state index contributed by atoms with van der Waals surface area (Å²) in [6, 6.07) is 8.54. The smallest absolute Gasteiger partial charge is 0.234 e. The van der Waals surface area contributed by atoms with Crippen LogP contribution in [0.5, 0.6) is 0 Å². The predicted molar refractivity (Wildman–Crippen MR) is 97.6 cm³/mol. The van der Waals surface area contributed by atoms with E-state index in [9.17, 15) is 4.79 Å². The monoisotopic (exact) mass is 343 g/mol. The maximum Gasteiger partial charge on any atom is 0.234 e. The van der Waals surface area contributed by atoms with E-state index in [0.29, 0.717) is 6.54 Å². The van der Waals surface area contributed by atoms with Gasteiger partial charge in [-0.25, -0.2) is 0 Å². The van der Waals surface area contributed by atoms with Crippen molar-refractivity contribution in [3.63, 3.8) is 0 Å². The van der Waals surface area contributed by atoms with E-state index in [4.69, 9.17) is 4.74 Å². The van der Waals surface area contributed by atoms with E-state index in [2.05, 4.69) is 39.8 Å². The molecule has 2 N–H and O–H groups in total. The van der Waals surface area contributed by atoms with E-state index in [1.54, 1.807) is 7.11 Å². The van der Waals surface area contributed by atoms with Gasteiger partial charge in [0.1, 0.15) is 0 Å². The fraction of sp³-hybridized carbons (Fsp3) is 0.650. The Balaban J connectivity index is 1.59. The summed E-state index contributed by atoms with van der Waals surface area (Å²) in [4.78, 5) is 14.9. The molecule has 2 atom stereocenters. The molecular weight excluding hydrogens is 314 g/mol. The molecule has 25 heavy (non-hydrogen) atoms. The van der Waals surface area contributed by atoms with Crippen LogP contribution in [-0.4, -0.2) is 56.7 Å². The molecular formula is C20H29N3O2. The summed E-state index contributed by atoms with van der Waals surface area (Å²) < 4.78 is 6.01. The Morgan fingerprint density at radius 3 is 2.72 bits per heavy atom. The van der Waals surface area contributed by atoms with Crippen LogP contribution < -0.4 is 10.6 Å². The van der Waals surface area contributed by atoms with Gasteiger partial charge in [-0.05, 0) is 63.0 Å². The van der Waals surface area contributed by atoms with Crippen LogP contribution in [0, 0.1) is 0 Å². The lowest BCUT2D eigenvalue weighted by Gasteiger charge is -2.40. The molecule has 1 aromatic rings. The average Bonchev–Trinajstić information content (AvgIpc) is 3.22. The second kappa shape index (κ2) is 7.06. The van der Waals surface area contributed by atoms with Crippen LogP contribution in [0.1, 0.15) is 42.9 Å². The average molecular weight is 343 g/mol. The summed E-state index contributed by atoms with van der Waals surface area (Å²) in [5.41, 5.74) is 2.63. The molecule has 1 aromatic carbocycles. The number of fused-ring (bicyclic) bond motifs is 2. The maximum absolute atomic E-state index is 12.7. The van der Waals surface area contributed by atoms with Crippen molar-refractivity contribution in [3.8, 4) is 0 Å². The number of nitrogens with zero attached hydrogens (tertiary/aromatic N) is 1. The predicted octanol–water partition coefficient (Wildman–Crippen LogP) is 1.59. The van der Waals surface area contributed by atoms with Gasteiger partial charge in [-0.15, -0.1) is 0 Å². The van der Waals surface area contributed by atoms with Crippen molar-refractivity contribution in [2.75, 3.05) is 39.8 Å². The number of amides is 1. The first-order valence-corrected chi connectivity index (χ1v) is 9.59. The van der Waals surface area contributed by atoms with Gasteiger partial charge < -0.3 is 15.4 Å². The van der Waals surface area contributed by atoms with Crippen molar-refractivity contribution in [1.29, 1.82) is 0 Å². The highest BCUT2D eigenvalue weighted by molar-refractivity contribution is 5.79. The van der Waals surface area contributed by atoms with Crippen LogP contribution in [0.3, 0.4) is 0 Å². The summed E-state index contributed by atoms with van der Waals surface area (Å²) >= 11 is 0. The van der Waals surface area contributed by atoms with Gasteiger partial charge in [-0.3, -0.25) is 9.69 Å². The molecule has 2 aliphatic heterocycles. The second-order valence-electron chi connectivity index (χ2n) is 7.68. The molecule has 3 aliphatic rings. The van der Waals surface area contributed by atoms with E-state index < -0.39 is 0 Å². The van der Waals surface area contributed by atoms with Crippen LogP contribution >= 0.6 is 0 Å². The zero-order valence-corrected chi connectivity index (χ0v) is 15.1. The van der Waals surface area contributed by atoms with Crippen molar-refractivity contribution in [2.24, 2.45) is 0 Å². The molecule has 0 aromatic heterocycles. The molecule has 1 aliphatic carbocycles. The third-order valence-electron chi connectivity index (χ3n) is 6.31. The number of rotatable bonds is 4. The number of methoxy groups -OCH3 is 1. The van der Waals surface area contributed by atoms with E-state index in [-0.39, 0.29) is 23.5 Å². The highest BCUT2D eigenvalue weighted by Crippen LogP contribution is 2.51. The Bertz CT molecular complexity index is 621. The van der Waals surface area contributed by atoms with E-state index >= 15 is 0 Å². The van der Waals surface area contributed by atoms with Gasteiger partial charge in [0.05, 0.1) is 18.7 Å². The number of ether oxygens (including phenoxy) is 1. The molecule has 5 heteroatoms. The van der Waals surface area contributed by atoms with E-state index in [1.807, 2.05) is 0 Å². The second-order valence-corrected chi connectivity index (χ2v) is 7.68. The van der Waals surface area contributed by atoms with Crippen molar-refractivity contribution in [3.05, 3.63) is 35.4 Å².